The van der Waals surface area contributed by atoms with Crippen LogP contribution < -0.4 is 5.32 Å². The van der Waals surface area contributed by atoms with E-state index >= 15 is 0 Å². The number of rotatable bonds is 4. The van der Waals surface area contributed by atoms with E-state index in [1.54, 1.807) is 0 Å². The Morgan fingerprint density at radius 3 is 2.75 bits per heavy atom. The van der Waals surface area contributed by atoms with Gasteiger partial charge in [-0.2, -0.15) is 10.2 Å². The van der Waals surface area contributed by atoms with Crippen LogP contribution in [-0.2, 0) is 14.1 Å². The summed E-state index contributed by atoms with van der Waals surface area (Å²) in [6, 6.07) is 8.39. The summed E-state index contributed by atoms with van der Waals surface area (Å²) in [7, 11) is 3.92. The minimum Gasteiger partial charge on any atom is -0.305 e. The smallest absolute Gasteiger partial charge is 0.0919 e. The van der Waals surface area contributed by atoms with Gasteiger partial charge >= 0.3 is 0 Å². The highest BCUT2D eigenvalue weighted by molar-refractivity contribution is 5.82. The maximum atomic E-state index is 4.71. The molecule has 1 atom stereocenters. The van der Waals surface area contributed by atoms with Crippen LogP contribution in [-0.4, -0.2) is 26.1 Å². The Labute approximate surface area is 118 Å². The molecule has 0 aliphatic carbocycles. The quantitative estimate of drug-likeness (QED) is 0.788. The topological polar surface area (TPSA) is 47.7 Å². The zero-order valence-corrected chi connectivity index (χ0v) is 12.0. The molecule has 1 aromatic carbocycles. The number of aryl methyl sites for hydroxylation is 2. The van der Waals surface area contributed by atoms with Gasteiger partial charge in [-0.05, 0) is 12.6 Å². The second-order valence-electron chi connectivity index (χ2n) is 4.96. The Bertz CT molecular complexity index is 725. The highest BCUT2D eigenvalue weighted by Gasteiger charge is 2.21. The molecule has 3 rings (SSSR count). The molecule has 0 radical (unpaired) electrons. The zero-order valence-electron chi connectivity index (χ0n) is 12.0. The van der Waals surface area contributed by atoms with E-state index < -0.39 is 0 Å². The standard InChI is InChI=1S/C15H19N5/c1-4-16-14(11-9-17-19(2)10-11)15-12-7-5-6-8-13(12)20(3)18-15/h5-10,14,16H,4H2,1-3H3. The predicted octanol–water partition coefficient (Wildman–Crippen LogP) is 2.01. The highest BCUT2D eigenvalue weighted by atomic mass is 15.3. The number of benzene rings is 1. The summed E-state index contributed by atoms with van der Waals surface area (Å²) >= 11 is 0. The summed E-state index contributed by atoms with van der Waals surface area (Å²) in [5, 5.41) is 13.7. The molecule has 0 bridgehead atoms. The van der Waals surface area contributed by atoms with Crippen LogP contribution in [0.15, 0.2) is 36.7 Å². The van der Waals surface area contributed by atoms with Gasteiger partial charge in [-0.3, -0.25) is 9.36 Å². The molecule has 1 unspecified atom stereocenters. The lowest BCUT2D eigenvalue weighted by Gasteiger charge is -2.14. The SMILES string of the molecule is CCNC(c1cnn(C)c1)c1nn(C)c2ccccc12. The van der Waals surface area contributed by atoms with Crippen LogP contribution in [0.3, 0.4) is 0 Å². The summed E-state index contributed by atoms with van der Waals surface area (Å²) in [6.45, 7) is 2.99. The highest BCUT2D eigenvalue weighted by Crippen LogP contribution is 2.27. The van der Waals surface area contributed by atoms with Crippen molar-refractivity contribution in [2.75, 3.05) is 6.54 Å². The molecule has 0 aliphatic rings. The third-order valence-corrected chi connectivity index (χ3v) is 3.53. The Morgan fingerprint density at radius 1 is 1.25 bits per heavy atom. The second-order valence-corrected chi connectivity index (χ2v) is 4.96. The van der Waals surface area contributed by atoms with Crippen molar-refractivity contribution in [2.24, 2.45) is 14.1 Å². The molecule has 3 aromatic rings. The molecule has 2 heterocycles. The number of nitrogens with zero attached hydrogens (tertiary/aromatic N) is 4. The fraction of sp³-hybridized carbons (Fsp3) is 0.333. The van der Waals surface area contributed by atoms with Crippen molar-refractivity contribution in [1.82, 2.24) is 24.9 Å². The molecule has 0 amide bonds. The van der Waals surface area contributed by atoms with Crippen molar-refractivity contribution in [3.8, 4) is 0 Å². The number of para-hydroxylation sites is 1. The van der Waals surface area contributed by atoms with E-state index in [9.17, 15) is 0 Å². The van der Waals surface area contributed by atoms with E-state index in [1.165, 1.54) is 5.39 Å². The van der Waals surface area contributed by atoms with Gasteiger partial charge in [0.2, 0.25) is 0 Å². The van der Waals surface area contributed by atoms with E-state index in [-0.39, 0.29) is 6.04 Å². The summed E-state index contributed by atoms with van der Waals surface area (Å²) in [5.74, 6) is 0. The Balaban J connectivity index is 2.14. The molecule has 0 fully saturated rings. The third-order valence-electron chi connectivity index (χ3n) is 3.53. The van der Waals surface area contributed by atoms with Crippen LogP contribution in [0.4, 0.5) is 0 Å². The molecule has 0 saturated carbocycles. The number of nitrogens with one attached hydrogen (secondary N) is 1. The summed E-state index contributed by atoms with van der Waals surface area (Å²) in [6.07, 6.45) is 3.94. The average Bonchev–Trinajstić information content (AvgIpc) is 3.02. The summed E-state index contributed by atoms with van der Waals surface area (Å²) in [5.41, 5.74) is 3.34. The number of fused-ring (bicyclic) bond motifs is 1. The molecule has 104 valence electrons. The molecule has 1 N–H and O–H groups in total. The van der Waals surface area contributed by atoms with E-state index in [0.717, 1.165) is 23.3 Å². The van der Waals surface area contributed by atoms with Gasteiger partial charge in [-0.1, -0.05) is 25.1 Å². The van der Waals surface area contributed by atoms with Crippen molar-refractivity contribution in [3.05, 3.63) is 47.9 Å². The molecular formula is C15H19N5. The monoisotopic (exact) mass is 269 g/mol. The van der Waals surface area contributed by atoms with Crippen LogP contribution in [0.25, 0.3) is 10.9 Å². The third kappa shape index (κ3) is 2.10. The molecule has 5 nitrogen and oxygen atoms in total. The normalized spacial score (nSPS) is 12.9. The Hall–Kier alpha value is -2.14. The van der Waals surface area contributed by atoms with Crippen molar-refractivity contribution in [3.63, 3.8) is 0 Å². The van der Waals surface area contributed by atoms with E-state index in [0.29, 0.717) is 0 Å². The van der Waals surface area contributed by atoms with Crippen molar-refractivity contribution in [1.29, 1.82) is 0 Å². The maximum absolute atomic E-state index is 4.71. The lowest BCUT2D eigenvalue weighted by atomic mass is 10.0. The van der Waals surface area contributed by atoms with Gasteiger partial charge in [0.15, 0.2) is 0 Å². The van der Waals surface area contributed by atoms with Crippen LogP contribution >= 0.6 is 0 Å². The minimum atomic E-state index is 0.0693. The first kappa shape index (κ1) is 12.9. The summed E-state index contributed by atoms with van der Waals surface area (Å²) < 4.78 is 3.76. The lowest BCUT2D eigenvalue weighted by Crippen LogP contribution is -2.22. The number of aromatic nitrogens is 4. The zero-order chi connectivity index (χ0) is 14.1. The van der Waals surface area contributed by atoms with Gasteiger partial charge in [0, 0.05) is 31.2 Å². The maximum Gasteiger partial charge on any atom is 0.0919 e. The van der Waals surface area contributed by atoms with Crippen LogP contribution in [0, 0.1) is 0 Å². The minimum absolute atomic E-state index is 0.0693. The largest absolute Gasteiger partial charge is 0.305 e. The average molecular weight is 269 g/mol. The summed E-state index contributed by atoms with van der Waals surface area (Å²) in [4.78, 5) is 0. The van der Waals surface area contributed by atoms with Gasteiger partial charge in [0.05, 0.1) is 23.4 Å². The number of hydrogen-bond acceptors (Lipinski definition) is 3. The van der Waals surface area contributed by atoms with E-state index in [1.807, 2.05) is 41.9 Å². The Kier molecular flexibility index (Phi) is 3.28. The van der Waals surface area contributed by atoms with Gasteiger partial charge in [0.1, 0.15) is 0 Å². The second kappa shape index (κ2) is 5.09. The van der Waals surface area contributed by atoms with Crippen molar-refractivity contribution in [2.45, 2.75) is 13.0 Å². The fourth-order valence-electron chi connectivity index (χ4n) is 2.62. The molecule has 0 saturated heterocycles. The first-order valence-electron chi connectivity index (χ1n) is 6.84. The van der Waals surface area contributed by atoms with Crippen molar-refractivity contribution >= 4 is 10.9 Å². The Morgan fingerprint density at radius 2 is 2.05 bits per heavy atom. The molecule has 0 spiro atoms. The van der Waals surface area contributed by atoms with Gasteiger partial charge in [-0.25, -0.2) is 0 Å². The van der Waals surface area contributed by atoms with Crippen molar-refractivity contribution < 1.29 is 0 Å². The van der Waals surface area contributed by atoms with Crippen LogP contribution in [0.2, 0.25) is 0 Å². The molecule has 2 aromatic heterocycles. The van der Waals surface area contributed by atoms with Crippen LogP contribution in [0.1, 0.15) is 24.2 Å². The molecular weight excluding hydrogens is 250 g/mol. The predicted molar refractivity (Wildman–Crippen MR) is 79.4 cm³/mol. The fourth-order valence-corrected chi connectivity index (χ4v) is 2.62. The molecule has 20 heavy (non-hydrogen) atoms. The number of hydrogen-bond donors (Lipinski definition) is 1. The molecule has 5 heteroatoms. The van der Waals surface area contributed by atoms with Gasteiger partial charge < -0.3 is 5.32 Å². The van der Waals surface area contributed by atoms with E-state index in [4.69, 9.17) is 5.10 Å². The van der Waals surface area contributed by atoms with Crippen LogP contribution in [0.5, 0.6) is 0 Å². The first-order chi connectivity index (χ1) is 9.70. The van der Waals surface area contributed by atoms with Gasteiger partial charge in [-0.15, -0.1) is 0 Å². The first-order valence-corrected chi connectivity index (χ1v) is 6.84. The van der Waals surface area contributed by atoms with Gasteiger partial charge in [0.25, 0.3) is 0 Å². The van der Waals surface area contributed by atoms with E-state index in [2.05, 4.69) is 35.5 Å². The molecule has 0 aliphatic heterocycles. The lowest BCUT2D eigenvalue weighted by molar-refractivity contribution is 0.603.